The molecule has 130 valence electrons. The highest BCUT2D eigenvalue weighted by Gasteiger charge is 2.27. The maximum absolute atomic E-state index is 13.1. The van der Waals surface area contributed by atoms with E-state index in [9.17, 15) is 12.8 Å². The number of hydrogen-bond donors (Lipinski definition) is 2. The summed E-state index contributed by atoms with van der Waals surface area (Å²) in [7, 11) is -3.84. The monoisotopic (exact) mass is 390 g/mol. The Balaban J connectivity index is 0.00000208. The molecular weight excluding hydrogens is 374 g/mol. The van der Waals surface area contributed by atoms with Crippen molar-refractivity contribution in [1.29, 1.82) is 0 Å². The molecule has 1 aliphatic rings. The molecule has 0 spiro atoms. The summed E-state index contributed by atoms with van der Waals surface area (Å²) in [6.07, 6.45) is 2.42. The molecule has 1 atom stereocenters. The minimum Gasteiger partial charge on any atom is -0.399 e. The van der Waals surface area contributed by atoms with Gasteiger partial charge in [0.25, 0.3) is 0 Å². The number of nitrogen functional groups attached to an aromatic ring is 1. The third kappa shape index (κ3) is 3.83. The second kappa shape index (κ2) is 7.27. The summed E-state index contributed by atoms with van der Waals surface area (Å²) in [5, 5.41) is -0.133. The summed E-state index contributed by atoms with van der Waals surface area (Å²) in [6, 6.07) is 8.39. The fourth-order valence-corrected chi connectivity index (χ4v) is 4.68. The van der Waals surface area contributed by atoms with Gasteiger partial charge >= 0.3 is 0 Å². The second-order valence-electron chi connectivity index (χ2n) is 5.60. The van der Waals surface area contributed by atoms with Crippen LogP contribution >= 0.6 is 24.0 Å². The van der Waals surface area contributed by atoms with Gasteiger partial charge in [-0.2, -0.15) is 0 Å². The van der Waals surface area contributed by atoms with Crippen LogP contribution in [0.1, 0.15) is 30.0 Å². The number of halogens is 3. The molecule has 2 aromatic rings. The molecule has 24 heavy (non-hydrogen) atoms. The average Bonchev–Trinajstić information content (AvgIpc) is 2.46. The van der Waals surface area contributed by atoms with Gasteiger partial charge in [-0.15, -0.1) is 12.4 Å². The number of fused-ring (bicyclic) bond motifs is 1. The predicted octanol–water partition coefficient (Wildman–Crippen LogP) is 3.84. The first-order valence-corrected chi connectivity index (χ1v) is 9.08. The van der Waals surface area contributed by atoms with Crippen LogP contribution in [0.15, 0.2) is 41.3 Å². The van der Waals surface area contributed by atoms with Crippen molar-refractivity contribution in [3.8, 4) is 0 Å². The van der Waals surface area contributed by atoms with Gasteiger partial charge < -0.3 is 5.73 Å². The summed E-state index contributed by atoms with van der Waals surface area (Å²) in [5.41, 5.74) is 8.42. The van der Waals surface area contributed by atoms with Gasteiger partial charge in [0, 0.05) is 11.7 Å². The zero-order valence-electron chi connectivity index (χ0n) is 12.6. The molecule has 0 aromatic heterocycles. The lowest BCUT2D eigenvalue weighted by Gasteiger charge is -2.26. The summed E-state index contributed by atoms with van der Waals surface area (Å²) in [5.74, 6) is -0.576. The predicted molar refractivity (Wildman–Crippen MR) is 95.5 cm³/mol. The molecule has 8 heteroatoms. The van der Waals surface area contributed by atoms with Crippen molar-refractivity contribution < 1.29 is 12.8 Å². The van der Waals surface area contributed by atoms with E-state index in [-0.39, 0.29) is 28.4 Å². The van der Waals surface area contributed by atoms with E-state index in [1.807, 2.05) is 12.1 Å². The van der Waals surface area contributed by atoms with Crippen molar-refractivity contribution in [1.82, 2.24) is 4.72 Å². The molecule has 0 aliphatic heterocycles. The molecule has 1 aliphatic carbocycles. The minimum absolute atomic E-state index is 0. The van der Waals surface area contributed by atoms with Crippen LogP contribution in [0.3, 0.4) is 0 Å². The van der Waals surface area contributed by atoms with Crippen LogP contribution in [-0.4, -0.2) is 8.42 Å². The lowest BCUT2D eigenvalue weighted by molar-refractivity contribution is 0.507. The summed E-state index contributed by atoms with van der Waals surface area (Å²) < 4.78 is 40.9. The van der Waals surface area contributed by atoms with Gasteiger partial charge in [-0.25, -0.2) is 17.5 Å². The number of sulfonamides is 1. The van der Waals surface area contributed by atoms with E-state index < -0.39 is 15.8 Å². The van der Waals surface area contributed by atoms with Gasteiger partial charge in [-0.3, -0.25) is 0 Å². The zero-order valence-corrected chi connectivity index (χ0v) is 15.0. The van der Waals surface area contributed by atoms with Crippen LogP contribution in [0.2, 0.25) is 5.02 Å². The van der Waals surface area contributed by atoms with Gasteiger partial charge in [-0.1, -0.05) is 17.7 Å². The van der Waals surface area contributed by atoms with Crippen molar-refractivity contribution in [2.24, 2.45) is 0 Å². The molecule has 0 heterocycles. The van der Waals surface area contributed by atoms with Crippen LogP contribution in [0.4, 0.5) is 10.1 Å². The quantitative estimate of drug-likeness (QED) is 0.781. The van der Waals surface area contributed by atoms with Crippen LogP contribution < -0.4 is 10.5 Å². The Hall–Kier alpha value is -1.34. The Morgan fingerprint density at radius 3 is 2.67 bits per heavy atom. The van der Waals surface area contributed by atoms with E-state index in [2.05, 4.69) is 4.72 Å². The van der Waals surface area contributed by atoms with Gasteiger partial charge in [0.15, 0.2) is 0 Å². The molecular formula is C16H17Cl2FN2O2S. The highest BCUT2D eigenvalue weighted by molar-refractivity contribution is 7.89. The standard InChI is InChI=1S/C16H16ClFN2O2S.ClH/c17-14-9-11(18)4-7-16(14)23(21,22)20-15-3-1-2-10-8-12(19)5-6-13(10)15;/h4-9,15,20H,1-3,19H2;1H. The van der Waals surface area contributed by atoms with Crippen molar-refractivity contribution in [3.63, 3.8) is 0 Å². The molecule has 3 rings (SSSR count). The second-order valence-corrected chi connectivity index (χ2v) is 7.69. The van der Waals surface area contributed by atoms with Crippen LogP contribution in [-0.2, 0) is 16.4 Å². The number of benzene rings is 2. The third-order valence-electron chi connectivity index (χ3n) is 3.96. The topological polar surface area (TPSA) is 72.2 Å². The van der Waals surface area contributed by atoms with E-state index in [1.165, 1.54) is 6.07 Å². The SMILES string of the molecule is Cl.Nc1ccc2c(c1)CCCC2NS(=O)(=O)c1ccc(F)cc1Cl. The molecule has 0 radical (unpaired) electrons. The maximum atomic E-state index is 13.1. The first kappa shape index (κ1) is 19.0. The Morgan fingerprint density at radius 2 is 1.96 bits per heavy atom. The molecule has 4 nitrogen and oxygen atoms in total. The van der Waals surface area contributed by atoms with Crippen LogP contribution in [0.25, 0.3) is 0 Å². The Kier molecular flexibility index (Phi) is 5.75. The summed E-state index contributed by atoms with van der Waals surface area (Å²) in [4.78, 5) is -0.122. The number of rotatable bonds is 3. The fraction of sp³-hybridized carbons (Fsp3) is 0.250. The van der Waals surface area contributed by atoms with Gasteiger partial charge in [0.1, 0.15) is 10.7 Å². The van der Waals surface area contributed by atoms with E-state index in [4.69, 9.17) is 17.3 Å². The highest BCUT2D eigenvalue weighted by atomic mass is 35.5. The van der Waals surface area contributed by atoms with E-state index in [1.54, 1.807) is 6.07 Å². The van der Waals surface area contributed by atoms with Crippen molar-refractivity contribution in [2.75, 3.05) is 5.73 Å². The van der Waals surface area contributed by atoms with Gasteiger partial charge in [-0.05, 0) is 60.7 Å². The van der Waals surface area contributed by atoms with E-state index in [0.29, 0.717) is 12.1 Å². The summed E-state index contributed by atoms with van der Waals surface area (Å²) >= 11 is 5.88. The number of aryl methyl sites for hydroxylation is 1. The Labute approximate surface area is 151 Å². The zero-order chi connectivity index (χ0) is 16.6. The van der Waals surface area contributed by atoms with Crippen molar-refractivity contribution in [2.45, 2.75) is 30.2 Å². The normalized spacial score (nSPS) is 17.0. The molecule has 1 unspecified atom stereocenters. The lowest BCUT2D eigenvalue weighted by Crippen LogP contribution is -2.31. The molecule has 0 fully saturated rings. The van der Waals surface area contributed by atoms with Crippen LogP contribution in [0.5, 0.6) is 0 Å². The highest BCUT2D eigenvalue weighted by Crippen LogP contribution is 2.33. The smallest absolute Gasteiger partial charge is 0.242 e. The molecule has 2 aromatic carbocycles. The maximum Gasteiger partial charge on any atom is 0.242 e. The molecule has 3 N–H and O–H groups in total. The Bertz CT molecular complexity index is 859. The number of anilines is 1. The fourth-order valence-electron chi connectivity index (χ4n) is 2.90. The van der Waals surface area contributed by atoms with Gasteiger partial charge in [0.05, 0.1) is 5.02 Å². The molecule has 0 amide bonds. The third-order valence-corrected chi connectivity index (χ3v) is 5.92. The van der Waals surface area contributed by atoms with Crippen LogP contribution in [0, 0.1) is 5.82 Å². The van der Waals surface area contributed by atoms with Crippen molar-refractivity contribution in [3.05, 3.63) is 58.4 Å². The van der Waals surface area contributed by atoms with E-state index in [0.717, 1.165) is 36.1 Å². The van der Waals surface area contributed by atoms with E-state index >= 15 is 0 Å². The first-order valence-electron chi connectivity index (χ1n) is 7.22. The largest absolute Gasteiger partial charge is 0.399 e. The Morgan fingerprint density at radius 1 is 1.21 bits per heavy atom. The number of nitrogens with two attached hydrogens (primary N) is 1. The van der Waals surface area contributed by atoms with Gasteiger partial charge in [0.2, 0.25) is 10.0 Å². The molecule has 0 saturated carbocycles. The minimum atomic E-state index is -3.84. The van der Waals surface area contributed by atoms with Crippen molar-refractivity contribution >= 4 is 39.7 Å². The number of hydrogen-bond acceptors (Lipinski definition) is 3. The number of nitrogens with one attached hydrogen (secondary N) is 1. The lowest BCUT2D eigenvalue weighted by atomic mass is 9.88. The molecule has 0 saturated heterocycles. The molecule has 0 bridgehead atoms. The first-order chi connectivity index (χ1) is 10.9. The summed E-state index contributed by atoms with van der Waals surface area (Å²) in [6.45, 7) is 0. The average molecular weight is 391 g/mol.